The fourth-order valence-corrected chi connectivity index (χ4v) is 5.26. The van der Waals surface area contributed by atoms with E-state index in [1.165, 1.54) is 47.1 Å². The van der Waals surface area contributed by atoms with Gasteiger partial charge in [0.2, 0.25) is 5.88 Å². The quantitative estimate of drug-likeness (QED) is 0.370. The zero-order valence-corrected chi connectivity index (χ0v) is 21.7. The van der Waals surface area contributed by atoms with Crippen LogP contribution in [-0.4, -0.2) is 28.0 Å². The summed E-state index contributed by atoms with van der Waals surface area (Å²) in [5.74, 6) is 1.51. The third-order valence-electron chi connectivity index (χ3n) is 7.02. The maximum Gasteiger partial charge on any atom is 0.222 e. The van der Waals surface area contributed by atoms with E-state index in [4.69, 9.17) is 14.7 Å². The Balaban J connectivity index is 1.73. The number of aromatic nitrogens is 2. The van der Waals surface area contributed by atoms with E-state index < -0.39 is 0 Å². The van der Waals surface area contributed by atoms with Crippen LogP contribution in [0.25, 0.3) is 11.4 Å². The van der Waals surface area contributed by atoms with Crippen LogP contribution in [-0.2, 0) is 25.8 Å². The average Bonchev–Trinajstić information content (AvgIpc) is 2.84. The van der Waals surface area contributed by atoms with Crippen LogP contribution in [0.1, 0.15) is 80.1 Å². The van der Waals surface area contributed by atoms with Crippen LogP contribution in [0.2, 0.25) is 0 Å². The van der Waals surface area contributed by atoms with E-state index in [1.54, 1.807) is 0 Å². The summed E-state index contributed by atoms with van der Waals surface area (Å²) in [7, 11) is 2.22. The number of ether oxygens (including phenoxy) is 1. The first kappa shape index (κ1) is 24.4. The predicted molar refractivity (Wildman–Crippen MR) is 140 cm³/mol. The lowest BCUT2D eigenvalue weighted by Crippen LogP contribution is -2.28. The van der Waals surface area contributed by atoms with Crippen LogP contribution in [0.5, 0.6) is 5.88 Å². The van der Waals surface area contributed by atoms with Crippen molar-refractivity contribution in [2.24, 2.45) is 0 Å². The van der Waals surface area contributed by atoms with Gasteiger partial charge in [-0.2, -0.15) is 4.98 Å². The molecule has 0 bridgehead atoms. The van der Waals surface area contributed by atoms with Crippen molar-refractivity contribution < 1.29 is 4.74 Å². The highest BCUT2D eigenvalue weighted by atomic mass is 16.5. The summed E-state index contributed by atoms with van der Waals surface area (Å²) in [6.07, 6.45) is 5.54. The second-order valence-electron chi connectivity index (χ2n) is 9.76. The first-order valence-electron chi connectivity index (χ1n) is 12.9. The van der Waals surface area contributed by atoms with Crippen LogP contribution in [0.4, 0.5) is 0 Å². The number of hydrogen-bond donors (Lipinski definition) is 0. The summed E-state index contributed by atoms with van der Waals surface area (Å²) in [5.41, 5.74) is 8.79. The van der Waals surface area contributed by atoms with Crippen molar-refractivity contribution in [3.8, 4) is 17.3 Å². The summed E-state index contributed by atoms with van der Waals surface area (Å²) in [6.45, 7) is 11.4. The Kier molecular flexibility index (Phi) is 7.67. The summed E-state index contributed by atoms with van der Waals surface area (Å²) in [5, 5.41) is 0. The molecule has 4 heteroatoms. The Bertz CT molecular complexity index is 1120. The zero-order chi connectivity index (χ0) is 24.2. The van der Waals surface area contributed by atoms with Crippen molar-refractivity contribution >= 4 is 0 Å². The molecule has 0 amide bonds. The molecular weight excluding hydrogens is 418 g/mol. The highest BCUT2D eigenvalue weighted by molar-refractivity contribution is 5.66. The molecule has 4 nitrogen and oxygen atoms in total. The molecule has 34 heavy (non-hydrogen) atoms. The molecule has 1 atom stereocenters. The standard InChI is InChI=1S/C30H39N3O/c1-7-22-14-11-15-23(8-2)28(22)29-31-21(5)26(30(32-29)34-20(3)4)19-33(6)27-18-12-16-24-13-9-10-17-25(24)27/h9-11,13-15,17,20,27H,7-8,12,16,18-19H2,1-6H3/t27-/m0/s1. The van der Waals surface area contributed by atoms with E-state index in [0.29, 0.717) is 6.04 Å². The molecule has 180 valence electrons. The van der Waals surface area contributed by atoms with E-state index in [-0.39, 0.29) is 6.10 Å². The molecule has 0 radical (unpaired) electrons. The second kappa shape index (κ2) is 10.7. The maximum absolute atomic E-state index is 6.32. The van der Waals surface area contributed by atoms with Gasteiger partial charge in [-0.25, -0.2) is 4.98 Å². The van der Waals surface area contributed by atoms with Crippen LogP contribution >= 0.6 is 0 Å². The van der Waals surface area contributed by atoms with Gasteiger partial charge in [0.1, 0.15) is 0 Å². The molecule has 0 saturated heterocycles. The van der Waals surface area contributed by atoms with Crippen molar-refractivity contribution in [2.75, 3.05) is 7.05 Å². The molecule has 0 spiro atoms. The third-order valence-corrected chi connectivity index (χ3v) is 7.02. The van der Waals surface area contributed by atoms with Crippen LogP contribution in [0.3, 0.4) is 0 Å². The molecule has 1 aromatic heterocycles. The molecule has 0 unspecified atom stereocenters. The average molecular weight is 458 g/mol. The molecule has 3 aromatic rings. The van der Waals surface area contributed by atoms with Gasteiger partial charge in [0.25, 0.3) is 0 Å². The molecule has 1 aliphatic carbocycles. The summed E-state index contributed by atoms with van der Waals surface area (Å²) in [4.78, 5) is 12.5. The molecule has 1 aliphatic rings. The first-order valence-corrected chi connectivity index (χ1v) is 12.9. The Morgan fingerprint density at radius 2 is 1.71 bits per heavy atom. The lowest BCUT2D eigenvalue weighted by molar-refractivity contribution is 0.197. The molecule has 1 heterocycles. The van der Waals surface area contributed by atoms with Crippen molar-refractivity contribution in [1.82, 2.24) is 14.9 Å². The van der Waals surface area contributed by atoms with Gasteiger partial charge in [0, 0.05) is 29.4 Å². The molecule has 0 fully saturated rings. The number of benzene rings is 2. The highest BCUT2D eigenvalue weighted by Crippen LogP contribution is 2.36. The summed E-state index contributed by atoms with van der Waals surface area (Å²) in [6, 6.07) is 15.8. The number of rotatable bonds is 8. The van der Waals surface area contributed by atoms with Crippen molar-refractivity contribution in [1.29, 1.82) is 0 Å². The summed E-state index contributed by atoms with van der Waals surface area (Å²) >= 11 is 0. The van der Waals surface area contributed by atoms with Gasteiger partial charge in [-0.15, -0.1) is 0 Å². The maximum atomic E-state index is 6.32. The molecule has 0 saturated carbocycles. The lowest BCUT2D eigenvalue weighted by Gasteiger charge is -2.34. The Morgan fingerprint density at radius 3 is 2.38 bits per heavy atom. The van der Waals surface area contributed by atoms with E-state index in [0.717, 1.165) is 42.3 Å². The van der Waals surface area contributed by atoms with Gasteiger partial charge in [-0.05, 0) is 82.2 Å². The van der Waals surface area contributed by atoms with E-state index in [2.05, 4.69) is 89.0 Å². The minimum absolute atomic E-state index is 0.0497. The van der Waals surface area contributed by atoms with Gasteiger partial charge in [-0.3, -0.25) is 4.90 Å². The topological polar surface area (TPSA) is 38.2 Å². The van der Waals surface area contributed by atoms with Gasteiger partial charge in [0.15, 0.2) is 5.82 Å². The lowest BCUT2D eigenvalue weighted by atomic mass is 9.87. The van der Waals surface area contributed by atoms with Gasteiger partial charge in [0.05, 0.1) is 6.10 Å². The number of aryl methyl sites for hydroxylation is 4. The predicted octanol–water partition coefficient (Wildman–Crippen LogP) is 6.87. The molecular formula is C30H39N3O. The van der Waals surface area contributed by atoms with Gasteiger partial charge in [-0.1, -0.05) is 56.3 Å². The van der Waals surface area contributed by atoms with Crippen LogP contribution in [0, 0.1) is 6.92 Å². The van der Waals surface area contributed by atoms with Crippen LogP contribution in [0.15, 0.2) is 42.5 Å². The van der Waals surface area contributed by atoms with E-state index >= 15 is 0 Å². The number of fused-ring (bicyclic) bond motifs is 1. The van der Waals surface area contributed by atoms with E-state index in [1.807, 2.05) is 0 Å². The fourth-order valence-electron chi connectivity index (χ4n) is 5.26. The Hall–Kier alpha value is -2.72. The third kappa shape index (κ3) is 5.02. The SMILES string of the molecule is CCc1cccc(CC)c1-c1nc(C)c(CN(C)[C@H]2CCCc3ccccc32)c(OC(C)C)n1. The minimum Gasteiger partial charge on any atom is -0.475 e. The largest absolute Gasteiger partial charge is 0.475 e. The zero-order valence-electron chi connectivity index (χ0n) is 21.7. The van der Waals surface area contributed by atoms with Crippen molar-refractivity contribution in [3.63, 3.8) is 0 Å². The molecule has 0 aliphatic heterocycles. The normalized spacial score (nSPS) is 15.6. The minimum atomic E-state index is 0.0497. The van der Waals surface area contributed by atoms with Gasteiger partial charge >= 0.3 is 0 Å². The van der Waals surface area contributed by atoms with Crippen molar-refractivity contribution in [3.05, 3.63) is 76.0 Å². The fraction of sp³-hybridized carbons (Fsp3) is 0.467. The van der Waals surface area contributed by atoms with Crippen molar-refractivity contribution in [2.45, 2.75) is 85.4 Å². The van der Waals surface area contributed by atoms with Gasteiger partial charge < -0.3 is 4.74 Å². The summed E-state index contributed by atoms with van der Waals surface area (Å²) < 4.78 is 6.32. The monoisotopic (exact) mass is 457 g/mol. The second-order valence-corrected chi connectivity index (χ2v) is 9.76. The molecule has 2 aromatic carbocycles. The Labute approximate surface area is 205 Å². The number of nitrogens with zero attached hydrogens (tertiary/aromatic N) is 3. The molecule has 4 rings (SSSR count). The number of hydrogen-bond acceptors (Lipinski definition) is 4. The first-order chi connectivity index (χ1) is 16.4. The smallest absolute Gasteiger partial charge is 0.222 e. The van der Waals surface area contributed by atoms with E-state index in [9.17, 15) is 0 Å². The molecule has 0 N–H and O–H groups in total. The van der Waals surface area contributed by atoms with Crippen LogP contribution < -0.4 is 4.74 Å². The Morgan fingerprint density at radius 1 is 1.00 bits per heavy atom. The highest BCUT2D eigenvalue weighted by Gasteiger charge is 2.26.